The van der Waals surface area contributed by atoms with Crippen molar-refractivity contribution in [3.05, 3.63) is 89.7 Å². The van der Waals surface area contributed by atoms with E-state index in [1.54, 1.807) is 17.0 Å². The Morgan fingerprint density at radius 1 is 1.15 bits per heavy atom. The van der Waals surface area contributed by atoms with Gasteiger partial charge in [-0.05, 0) is 31.8 Å². The fraction of sp³-hybridized carbons (Fsp3) is 0.240. The van der Waals surface area contributed by atoms with Gasteiger partial charge in [0.05, 0.1) is 34.8 Å². The number of hydrogen-bond acceptors (Lipinski definition) is 6. The second-order valence-electron chi connectivity index (χ2n) is 8.87. The molecule has 1 aromatic carbocycles. The first kappa shape index (κ1) is 20.5. The number of carbonyl (C=O) groups excluding carboxylic acids is 1. The molecule has 1 aliphatic rings. The highest BCUT2D eigenvalue weighted by Crippen LogP contribution is 2.33. The molecule has 0 bridgehead atoms. The van der Waals surface area contributed by atoms with Gasteiger partial charge in [-0.15, -0.1) is 0 Å². The highest BCUT2D eigenvalue weighted by atomic mass is 16.2. The molecule has 1 amide bonds. The number of carbonyl (C=O) groups is 1. The summed E-state index contributed by atoms with van der Waals surface area (Å²) in [5.74, 6) is 0.454. The highest BCUT2D eigenvalue weighted by Gasteiger charge is 2.37. The largest absolute Gasteiger partial charge is 0.348 e. The molecular formula is C25H24N8O. The van der Waals surface area contributed by atoms with Gasteiger partial charge in [0.15, 0.2) is 5.82 Å². The SMILES string of the molecule is CN(C)Cc1ccc2c(C(=O)N3CCc4[nH]cnc4[C@@H]3c3ncc4ccccc4n3)cnn2c1. The quantitative estimate of drug-likeness (QED) is 0.451. The Kier molecular flexibility index (Phi) is 4.84. The minimum atomic E-state index is -0.477. The van der Waals surface area contributed by atoms with Gasteiger partial charge in [-0.25, -0.2) is 19.5 Å². The molecule has 0 saturated carbocycles. The molecule has 9 heteroatoms. The minimum Gasteiger partial charge on any atom is -0.348 e. The number of nitrogens with one attached hydrogen (secondary N) is 1. The van der Waals surface area contributed by atoms with Gasteiger partial charge >= 0.3 is 0 Å². The van der Waals surface area contributed by atoms with E-state index < -0.39 is 6.04 Å². The van der Waals surface area contributed by atoms with Crippen LogP contribution in [0, 0.1) is 0 Å². The van der Waals surface area contributed by atoms with E-state index in [9.17, 15) is 4.79 Å². The molecule has 34 heavy (non-hydrogen) atoms. The number of benzene rings is 1. The zero-order chi connectivity index (χ0) is 23.2. The highest BCUT2D eigenvalue weighted by molar-refractivity contribution is 6.01. The van der Waals surface area contributed by atoms with Crippen molar-refractivity contribution < 1.29 is 4.79 Å². The van der Waals surface area contributed by atoms with Crippen LogP contribution in [0.3, 0.4) is 0 Å². The predicted molar refractivity (Wildman–Crippen MR) is 127 cm³/mol. The first-order valence-corrected chi connectivity index (χ1v) is 11.2. The van der Waals surface area contributed by atoms with Crippen molar-refractivity contribution in [3.8, 4) is 0 Å². The molecule has 0 saturated heterocycles. The lowest BCUT2D eigenvalue weighted by Crippen LogP contribution is -2.41. The molecule has 6 rings (SSSR count). The number of para-hydroxylation sites is 1. The summed E-state index contributed by atoms with van der Waals surface area (Å²) in [6.45, 7) is 1.33. The van der Waals surface area contributed by atoms with Crippen LogP contribution in [0.25, 0.3) is 16.4 Å². The number of pyridine rings is 1. The minimum absolute atomic E-state index is 0.106. The number of aromatic amines is 1. The summed E-state index contributed by atoms with van der Waals surface area (Å²) < 4.78 is 1.78. The maximum Gasteiger partial charge on any atom is 0.258 e. The summed E-state index contributed by atoms with van der Waals surface area (Å²) >= 11 is 0. The Balaban J connectivity index is 1.42. The number of amides is 1. The first-order valence-electron chi connectivity index (χ1n) is 11.2. The van der Waals surface area contributed by atoms with E-state index in [-0.39, 0.29) is 5.91 Å². The van der Waals surface area contributed by atoms with Crippen molar-refractivity contribution in [2.75, 3.05) is 20.6 Å². The van der Waals surface area contributed by atoms with Crippen molar-refractivity contribution in [1.29, 1.82) is 0 Å². The number of fused-ring (bicyclic) bond motifs is 3. The molecule has 5 heterocycles. The summed E-state index contributed by atoms with van der Waals surface area (Å²) in [5.41, 5.74) is 5.10. The normalized spacial score (nSPS) is 15.9. The Morgan fingerprint density at radius 2 is 2.03 bits per heavy atom. The van der Waals surface area contributed by atoms with Crippen molar-refractivity contribution in [2.24, 2.45) is 0 Å². The summed E-state index contributed by atoms with van der Waals surface area (Å²) in [6, 6.07) is 11.4. The summed E-state index contributed by atoms with van der Waals surface area (Å²) in [5, 5.41) is 5.43. The average Bonchev–Trinajstić information content (AvgIpc) is 3.49. The Hall–Kier alpha value is -4.11. The lowest BCUT2D eigenvalue weighted by molar-refractivity contribution is 0.0685. The zero-order valence-electron chi connectivity index (χ0n) is 19.0. The number of nitrogens with zero attached hydrogens (tertiary/aromatic N) is 7. The van der Waals surface area contributed by atoms with Crippen LogP contribution in [0.4, 0.5) is 0 Å². The second kappa shape index (κ2) is 8.03. The van der Waals surface area contributed by atoms with Gasteiger partial charge in [0, 0.05) is 43.0 Å². The van der Waals surface area contributed by atoms with Crippen LogP contribution in [-0.4, -0.2) is 65.9 Å². The molecule has 4 aromatic heterocycles. The Labute approximate surface area is 196 Å². The molecule has 0 fully saturated rings. The van der Waals surface area contributed by atoms with Crippen molar-refractivity contribution in [2.45, 2.75) is 19.0 Å². The van der Waals surface area contributed by atoms with E-state index in [0.717, 1.165) is 39.9 Å². The summed E-state index contributed by atoms with van der Waals surface area (Å²) in [6.07, 6.45) is 7.79. The van der Waals surface area contributed by atoms with Gasteiger partial charge in [0.25, 0.3) is 5.91 Å². The van der Waals surface area contributed by atoms with Crippen molar-refractivity contribution in [1.82, 2.24) is 39.3 Å². The average molecular weight is 453 g/mol. The fourth-order valence-electron chi connectivity index (χ4n) is 4.68. The van der Waals surface area contributed by atoms with Gasteiger partial charge in [-0.1, -0.05) is 24.3 Å². The summed E-state index contributed by atoms with van der Waals surface area (Å²) in [7, 11) is 4.05. The third kappa shape index (κ3) is 3.41. The van der Waals surface area contributed by atoms with E-state index in [1.807, 2.05) is 67.8 Å². The van der Waals surface area contributed by atoms with E-state index in [0.29, 0.717) is 24.4 Å². The molecule has 5 aromatic rings. The van der Waals surface area contributed by atoms with E-state index in [1.165, 1.54) is 0 Å². The van der Waals surface area contributed by atoms with Crippen LogP contribution in [0.15, 0.2) is 61.3 Å². The fourth-order valence-corrected chi connectivity index (χ4v) is 4.68. The molecule has 170 valence electrons. The number of rotatable bonds is 4. The van der Waals surface area contributed by atoms with E-state index in [4.69, 9.17) is 4.98 Å². The van der Waals surface area contributed by atoms with Gasteiger partial charge in [-0.3, -0.25) is 4.79 Å². The third-order valence-electron chi connectivity index (χ3n) is 6.24. The molecule has 0 unspecified atom stereocenters. The predicted octanol–water partition coefficient (Wildman–Crippen LogP) is 2.85. The van der Waals surface area contributed by atoms with Crippen LogP contribution in [0.1, 0.15) is 39.2 Å². The molecule has 0 spiro atoms. The zero-order valence-corrected chi connectivity index (χ0v) is 19.0. The third-order valence-corrected chi connectivity index (χ3v) is 6.24. The number of imidazole rings is 1. The standard InChI is InChI=1S/C25H24N8O/c1-31(2)13-16-7-8-21-18(12-29-33(21)14-16)25(34)32-10-9-20-22(28-15-27-20)23(32)24-26-11-17-5-3-4-6-19(17)30-24/h3-8,11-12,14-15,23H,9-10,13H2,1-2H3,(H,27,28)/t23-/m1/s1. The lowest BCUT2D eigenvalue weighted by Gasteiger charge is -2.33. The molecule has 9 nitrogen and oxygen atoms in total. The van der Waals surface area contributed by atoms with Crippen LogP contribution < -0.4 is 0 Å². The molecule has 1 N–H and O–H groups in total. The van der Waals surface area contributed by atoms with Crippen LogP contribution >= 0.6 is 0 Å². The lowest BCUT2D eigenvalue weighted by atomic mass is 10.0. The van der Waals surface area contributed by atoms with Gasteiger partial charge in [0.2, 0.25) is 0 Å². The van der Waals surface area contributed by atoms with Gasteiger partial charge in [0.1, 0.15) is 6.04 Å². The summed E-state index contributed by atoms with van der Waals surface area (Å²) in [4.78, 5) is 35.0. The number of H-pyrrole nitrogens is 1. The smallest absolute Gasteiger partial charge is 0.258 e. The molecule has 0 radical (unpaired) electrons. The molecule has 1 atom stereocenters. The van der Waals surface area contributed by atoms with Crippen LogP contribution in [0.5, 0.6) is 0 Å². The van der Waals surface area contributed by atoms with Crippen LogP contribution in [-0.2, 0) is 13.0 Å². The number of hydrogen-bond donors (Lipinski definition) is 1. The van der Waals surface area contributed by atoms with E-state index >= 15 is 0 Å². The Morgan fingerprint density at radius 3 is 2.91 bits per heavy atom. The second-order valence-corrected chi connectivity index (χ2v) is 8.87. The van der Waals surface area contributed by atoms with Crippen molar-refractivity contribution in [3.63, 3.8) is 0 Å². The van der Waals surface area contributed by atoms with E-state index in [2.05, 4.69) is 25.0 Å². The Bertz CT molecular complexity index is 1520. The monoisotopic (exact) mass is 452 g/mol. The van der Waals surface area contributed by atoms with Crippen molar-refractivity contribution >= 4 is 22.3 Å². The first-order chi connectivity index (χ1) is 16.6. The van der Waals surface area contributed by atoms with Crippen LogP contribution in [0.2, 0.25) is 0 Å². The van der Waals surface area contributed by atoms with Gasteiger partial charge in [-0.2, -0.15) is 5.10 Å². The number of aromatic nitrogens is 6. The topological polar surface area (TPSA) is 95.3 Å². The maximum atomic E-state index is 13.9. The molecule has 0 aliphatic carbocycles. The van der Waals surface area contributed by atoms with Gasteiger partial charge < -0.3 is 14.8 Å². The molecule has 1 aliphatic heterocycles. The maximum absolute atomic E-state index is 13.9. The molecular weight excluding hydrogens is 428 g/mol.